The summed E-state index contributed by atoms with van der Waals surface area (Å²) < 4.78 is 33.1. The molecule has 2 heterocycles. The van der Waals surface area contributed by atoms with E-state index in [0.29, 0.717) is 30.3 Å². The molecule has 1 aliphatic rings. The topological polar surface area (TPSA) is 80.6 Å². The summed E-state index contributed by atoms with van der Waals surface area (Å²) in [5, 5.41) is 0. The molecule has 0 unspecified atom stereocenters. The highest BCUT2D eigenvalue weighted by atomic mass is 32.2. The maximum atomic E-state index is 12.8. The van der Waals surface area contributed by atoms with Crippen molar-refractivity contribution in [2.24, 2.45) is 7.05 Å². The molecule has 0 radical (unpaired) electrons. The summed E-state index contributed by atoms with van der Waals surface area (Å²) in [6.45, 7) is 0.810. The number of aryl methyl sites for hydroxylation is 1. The molecule has 122 valence electrons. The number of aromatic nitrogens is 1. The summed E-state index contributed by atoms with van der Waals surface area (Å²) >= 11 is 0. The lowest BCUT2D eigenvalue weighted by Gasteiger charge is -2.29. The second-order valence-corrected chi connectivity index (χ2v) is 7.04. The zero-order valence-corrected chi connectivity index (χ0v) is 13.6. The lowest BCUT2D eigenvalue weighted by atomic mass is 10.2. The van der Waals surface area contributed by atoms with Gasteiger partial charge in [0.25, 0.3) is 5.91 Å². The Morgan fingerprint density at radius 1 is 1.30 bits per heavy atom. The Hall–Kier alpha value is -2.32. The summed E-state index contributed by atoms with van der Waals surface area (Å²) in [7, 11) is -0.608. The van der Waals surface area contributed by atoms with Gasteiger partial charge in [-0.05, 0) is 25.2 Å². The average molecular weight is 335 g/mol. The van der Waals surface area contributed by atoms with Gasteiger partial charge >= 0.3 is 0 Å². The predicted molar refractivity (Wildman–Crippen MR) is 85.3 cm³/mol. The van der Waals surface area contributed by atoms with Crippen molar-refractivity contribution in [2.45, 2.75) is 4.90 Å². The summed E-state index contributed by atoms with van der Waals surface area (Å²) in [6.07, 6.45) is 1.42. The largest absolute Gasteiger partial charge is 0.490 e. The van der Waals surface area contributed by atoms with Crippen LogP contribution < -0.4 is 14.4 Å². The van der Waals surface area contributed by atoms with Gasteiger partial charge in [0, 0.05) is 13.2 Å². The van der Waals surface area contributed by atoms with E-state index >= 15 is 0 Å². The zero-order valence-electron chi connectivity index (χ0n) is 12.8. The number of carbonyl (C=O) groups is 1. The molecule has 7 nitrogen and oxygen atoms in total. The van der Waals surface area contributed by atoms with Crippen LogP contribution in [0, 0.1) is 0 Å². The fourth-order valence-corrected chi connectivity index (χ4v) is 3.33. The van der Waals surface area contributed by atoms with Crippen molar-refractivity contribution in [3.05, 3.63) is 42.2 Å². The van der Waals surface area contributed by atoms with Gasteiger partial charge < -0.3 is 14.2 Å². The van der Waals surface area contributed by atoms with Crippen LogP contribution in [0.4, 0.5) is 5.69 Å². The molecule has 1 aromatic heterocycles. The molecule has 0 aliphatic carbocycles. The van der Waals surface area contributed by atoms with Crippen LogP contribution in [-0.2, 0) is 17.1 Å². The molecule has 0 saturated carbocycles. The van der Waals surface area contributed by atoms with Gasteiger partial charge in [-0.25, -0.2) is 13.1 Å². The van der Waals surface area contributed by atoms with Crippen molar-refractivity contribution in [2.75, 3.05) is 25.1 Å². The molecule has 8 heteroatoms. The van der Waals surface area contributed by atoms with Crippen molar-refractivity contribution in [3.8, 4) is 5.75 Å². The molecule has 0 saturated heterocycles. The standard InChI is InChI=1S/C15H17N3O4S/c1-16-23(20,21)11-9-13(17(2)10-11)15(19)18-7-8-22-14-6-4-3-5-12(14)18/h3-6,9-10,16H,7-8H2,1-2H3. The summed E-state index contributed by atoms with van der Waals surface area (Å²) in [6, 6.07) is 8.66. The fraction of sp³-hybridized carbons (Fsp3) is 0.267. The van der Waals surface area contributed by atoms with E-state index in [1.54, 1.807) is 24.1 Å². The first-order valence-electron chi connectivity index (χ1n) is 7.07. The predicted octanol–water partition coefficient (Wildman–Crippen LogP) is 0.972. The summed E-state index contributed by atoms with van der Waals surface area (Å²) in [5.41, 5.74) is 0.985. The molecule has 0 bridgehead atoms. The molecular formula is C15H17N3O4S. The van der Waals surface area contributed by atoms with Crippen LogP contribution in [0.2, 0.25) is 0 Å². The molecule has 2 aromatic rings. The first-order valence-corrected chi connectivity index (χ1v) is 8.56. The monoisotopic (exact) mass is 335 g/mol. The third kappa shape index (κ3) is 2.71. The van der Waals surface area contributed by atoms with Gasteiger partial charge in [0.1, 0.15) is 22.9 Å². The molecule has 1 N–H and O–H groups in total. The SMILES string of the molecule is CNS(=O)(=O)c1cc(C(=O)N2CCOc3ccccc32)n(C)c1. The van der Waals surface area contributed by atoms with Gasteiger partial charge in [-0.3, -0.25) is 4.79 Å². The van der Waals surface area contributed by atoms with Gasteiger partial charge in [-0.2, -0.15) is 0 Å². The van der Waals surface area contributed by atoms with Gasteiger partial charge in [0.15, 0.2) is 0 Å². The first-order chi connectivity index (χ1) is 10.9. The van der Waals surface area contributed by atoms with Crippen LogP contribution in [0.5, 0.6) is 5.75 Å². The Labute approximate surface area is 134 Å². The van der Waals surface area contributed by atoms with Gasteiger partial charge in [0.05, 0.1) is 12.2 Å². The number of ether oxygens (including phenoxy) is 1. The van der Waals surface area contributed by atoms with E-state index in [2.05, 4.69) is 4.72 Å². The van der Waals surface area contributed by atoms with Crippen molar-refractivity contribution in [1.29, 1.82) is 0 Å². The first kappa shape index (κ1) is 15.6. The Morgan fingerprint density at radius 2 is 2.04 bits per heavy atom. The highest BCUT2D eigenvalue weighted by Crippen LogP contribution is 2.32. The Morgan fingerprint density at radius 3 is 2.78 bits per heavy atom. The third-order valence-corrected chi connectivity index (χ3v) is 5.13. The van der Waals surface area contributed by atoms with Crippen LogP contribution in [-0.4, -0.2) is 39.1 Å². The minimum Gasteiger partial charge on any atom is -0.490 e. The second-order valence-electron chi connectivity index (χ2n) is 5.15. The normalized spacial score (nSPS) is 14.3. The number of anilines is 1. The lowest BCUT2D eigenvalue weighted by molar-refractivity contribution is 0.0968. The molecular weight excluding hydrogens is 318 g/mol. The molecule has 1 aliphatic heterocycles. The number of sulfonamides is 1. The van der Waals surface area contributed by atoms with E-state index in [9.17, 15) is 13.2 Å². The van der Waals surface area contributed by atoms with Crippen molar-refractivity contribution in [3.63, 3.8) is 0 Å². The second kappa shape index (κ2) is 5.71. The van der Waals surface area contributed by atoms with Crippen LogP contribution in [0.15, 0.2) is 41.4 Å². The Kier molecular flexibility index (Phi) is 3.87. The number of para-hydroxylation sites is 2. The van der Waals surface area contributed by atoms with E-state index in [1.165, 1.54) is 23.9 Å². The number of hydrogen-bond acceptors (Lipinski definition) is 4. The minimum atomic E-state index is -3.59. The van der Waals surface area contributed by atoms with Crippen LogP contribution in [0.3, 0.4) is 0 Å². The smallest absolute Gasteiger partial charge is 0.275 e. The van der Waals surface area contributed by atoms with E-state index in [-0.39, 0.29) is 10.8 Å². The van der Waals surface area contributed by atoms with Gasteiger partial charge in [0.2, 0.25) is 10.0 Å². The molecule has 23 heavy (non-hydrogen) atoms. The number of benzene rings is 1. The number of nitrogens with one attached hydrogen (secondary N) is 1. The van der Waals surface area contributed by atoms with E-state index in [1.807, 2.05) is 12.1 Å². The highest BCUT2D eigenvalue weighted by Gasteiger charge is 2.27. The number of carbonyl (C=O) groups excluding carboxylic acids is 1. The quantitative estimate of drug-likeness (QED) is 0.906. The highest BCUT2D eigenvalue weighted by molar-refractivity contribution is 7.89. The number of hydrogen-bond donors (Lipinski definition) is 1. The molecule has 0 atom stereocenters. The molecule has 0 fully saturated rings. The maximum Gasteiger partial charge on any atom is 0.275 e. The van der Waals surface area contributed by atoms with Crippen molar-refractivity contribution in [1.82, 2.24) is 9.29 Å². The van der Waals surface area contributed by atoms with Gasteiger partial charge in [-0.1, -0.05) is 12.1 Å². The van der Waals surface area contributed by atoms with E-state index < -0.39 is 10.0 Å². The van der Waals surface area contributed by atoms with Gasteiger partial charge in [-0.15, -0.1) is 0 Å². The van der Waals surface area contributed by atoms with Crippen LogP contribution in [0.25, 0.3) is 0 Å². The van der Waals surface area contributed by atoms with Crippen LogP contribution in [0.1, 0.15) is 10.5 Å². The zero-order chi connectivity index (χ0) is 16.6. The Balaban J connectivity index is 2.00. The van der Waals surface area contributed by atoms with Crippen LogP contribution >= 0.6 is 0 Å². The average Bonchev–Trinajstić information content (AvgIpc) is 2.96. The maximum absolute atomic E-state index is 12.8. The van der Waals surface area contributed by atoms with Crippen molar-refractivity contribution >= 4 is 21.6 Å². The molecule has 3 rings (SSSR count). The lowest BCUT2D eigenvalue weighted by Crippen LogP contribution is -2.38. The number of nitrogens with zero attached hydrogens (tertiary/aromatic N) is 2. The number of rotatable bonds is 3. The fourth-order valence-electron chi connectivity index (χ4n) is 2.53. The Bertz CT molecular complexity index is 857. The third-order valence-electron chi connectivity index (χ3n) is 3.75. The van der Waals surface area contributed by atoms with E-state index in [4.69, 9.17) is 4.74 Å². The molecule has 1 aromatic carbocycles. The number of amides is 1. The summed E-state index contributed by atoms with van der Waals surface area (Å²) in [5.74, 6) is 0.380. The summed E-state index contributed by atoms with van der Waals surface area (Å²) in [4.78, 5) is 14.5. The minimum absolute atomic E-state index is 0.0624. The molecule has 0 spiro atoms. The molecule has 1 amide bonds. The van der Waals surface area contributed by atoms with E-state index in [0.717, 1.165) is 0 Å². The number of fused-ring (bicyclic) bond motifs is 1. The van der Waals surface area contributed by atoms with Crippen molar-refractivity contribution < 1.29 is 17.9 Å².